The van der Waals surface area contributed by atoms with Gasteiger partial charge in [0.05, 0.1) is 13.2 Å². The van der Waals surface area contributed by atoms with Crippen LogP contribution in [0.5, 0.6) is 0 Å². The summed E-state index contributed by atoms with van der Waals surface area (Å²) in [5, 5.41) is 0. The molecule has 0 atom stereocenters. The van der Waals surface area contributed by atoms with Crippen LogP contribution < -0.4 is 0 Å². The van der Waals surface area contributed by atoms with Crippen LogP contribution in [-0.4, -0.2) is 31.9 Å². The molecule has 0 aliphatic carbocycles. The Kier molecular flexibility index (Phi) is 3.96. The largest absolute Gasteiger partial charge is 0.460 e. The van der Waals surface area contributed by atoms with Crippen molar-refractivity contribution in [2.24, 2.45) is 0 Å². The second kappa shape index (κ2) is 5.23. The average molecular weight is 216 g/mol. The number of hydrogen-bond acceptors (Lipinski definition) is 6. The maximum Gasteiger partial charge on any atom is 0.378 e. The van der Waals surface area contributed by atoms with E-state index in [-0.39, 0.29) is 31.5 Å². The van der Waals surface area contributed by atoms with Crippen molar-refractivity contribution in [2.75, 3.05) is 20.0 Å². The molecule has 1 aliphatic heterocycles. The molecule has 6 heteroatoms. The van der Waals surface area contributed by atoms with E-state index in [2.05, 4.69) is 9.47 Å². The highest BCUT2D eigenvalue weighted by molar-refractivity contribution is 5.97. The third-order valence-corrected chi connectivity index (χ3v) is 1.53. The molecule has 84 valence electrons. The summed E-state index contributed by atoms with van der Waals surface area (Å²) in [5.74, 6) is -1.90. The highest BCUT2D eigenvalue weighted by Crippen LogP contribution is 2.18. The van der Waals surface area contributed by atoms with Crippen LogP contribution in [0, 0.1) is 0 Å². The molecule has 0 bridgehead atoms. The maximum atomic E-state index is 11.3. The zero-order valence-corrected chi connectivity index (χ0v) is 8.57. The molecular formula is C9H12O6. The molecule has 6 nitrogen and oxygen atoms in total. The Morgan fingerprint density at radius 2 is 1.47 bits per heavy atom. The lowest BCUT2D eigenvalue weighted by Gasteiger charge is -2.02. The highest BCUT2D eigenvalue weighted by atomic mass is 16.7. The van der Waals surface area contributed by atoms with E-state index >= 15 is 0 Å². The molecule has 0 unspecified atom stereocenters. The van der Waals surface area contributed by atoms with Crippen LogP contribution in [0.1, 0.15) is 13.8 Å². The summed E-state index contributed by atoms with van der Waals surface area (Å²) >= 11 is 0. The van der Waals surface area contributed by atoms with E-state index in [1.807, 2.05) is 0 Å². The van der Waals surface area contributed by atoms with Crippen LogP contribution in [0.25, 0.3) is 0 Å². The Bertz CT molecular complexity index is 265. The van der Waals surface area contributed by atoms with Gasteiger partial charge in [0.25, 0.3) is 11.5 Å². The van der Waals surface area contributed by atoms with Crippen LogP contribution in [0.4, 0.5) is 0 Å². The van der Waals surface area contributed by atoms with E-state index in [0.29, 0.717) is 0 Å². The minimum atomic E-state index is -0.724. The minimum absolute atomic E-state index is 0.178. The third kappa shape index (κ3) is 2.61. The summed E-state index contributed by atoms with van der Waals surface area (Å²) in [6, 6.07) is 0. The standard InChI is InChI=1S/C9H12O6/c1-3-12-8(10)6-7(15-5-14-6)9(11)13-4-2/h3-5H2,1-2H3. The molecule has 0 aromatic carbocycles. The van der Waals surface area contributed by atoms with Crippen molar-refractivity contribution in [1.82, 2.24) is 0 Å². The van der Waals surface area contributed by atoms with Gasteiger partial charge in [-0.25, -0.2) is 9.59 Å². The van der Waals surface area contributed by atoms with Crippen molar-refractivity contribution in [2.45, 2.75) is 13.8 Å². The fourth-order valence-electron chi connectivity index (χ4n) is 0.975. The second-order valence-electron chi connectivity index (χ2n) is 2.51. The molecule has 0 aromatic rings. The van der Waals surface area contributed by atoms with Gasteiger partial charge in [-0.2, -0.15) is 0 Å². The van der Waals surface area contributed by atoms with Crippen molar-refractivity contribution >= 4 is 11.9 Å². The number of esters is 2. The van der Waals surface area contributed by atoms with Crippen molar-refractivity contribution in [3.8, 4) is 0 Å². The highest BCUT2D eigenvalue weighted by Gasteiger charge is 2.31. The summed E-state index contributed by atoms with van der Waals surface area (Å²) in [4.78, 5) is 22.5. The van der Waals surface area contributed by atoms with Crippen LogP contribution in [0.15, 0.2) is 11.5 Å². The quantitative estimate of drug-likeness (QED) is 0.630. The van der Waals surface area contributed by atoms with E-state index in [1.165, 1.54) is 0 Å². The molecule has 0 spiro atoms. The van der Waals surface area contributed by atoms with Crippen molar-refractivity contribution in [1.29, 1.82) is 0 Å². The molecule has 0 aromatic heterocycles. The smallest absolute Gasteiger partial charge is 0.378 e. The number of rotatable bonds is 4. The van der Waals surface area contributed by atoms with Gasteiger partial charge in [0.1, 0.15) is 0 Å². The SMILES string of the molecule is CCOC(=O)C1=C(C(=O)OCC)OCO1. The summed E-state index contributed by atoms with van der Waals surface area (Å²) < 4.78 is 19.0. The van der Waals surface area contributed by atoms with Crippen molar-refractivity contribution in [3.05, 3.63) is 11.5 Å². The van der Waals surface area contributed by atoms with Crippen LogP contribution >= 0.6 is 0 Å². The lowest BCUT2D eigenvalue weighted by Crippen LogP contribution is -2.14. The number of carbonyl (C=O) groups excluding carboxylic acids is 2. The monoisotopic (exact) mass is 216 g/mol. The normalized spacial score (nSPS) is 14.3. The molecule has 0 fully saturated rings. The molecule has 1 rings (SSSR count). The summed E-state index contributed by atoms with van der Waals surface area (Å²) in [6.45, 7) is 3.52. The molecule has 1 heterocycles. The van der Waals surface area contributed by atoms with Gasteiger partial charge in [-0.15, -0.1) is 0 Å². The average Bonchev–Trinajstić information content (AvgIpc) is 2.66. The molecular weight excluding hydrogens is 204 g/mol. The van der Waals surface area contributed by atoms with Crippen LogP contribution in [0.3, 0.4) is 0 Å². The summed E-state index contributed by atoms with van der Waals surface area (Å²) in [6.07, 6.45) is 0. The third-order valence-electron chi connectivity index (χ3n) is 1.53. The Balaban J connectivity index is 2.77. The van der Waals surface area contributed by atoms with Gasteiger partial charge in [0, 0.05) is 0 Å². The maximum absolute atomic E-state index is 11.3. The Hall–Kier alpha value is -1.72. The number of carbonyl (C=O) groups is 2. The molecule has 1 aliphatic rings. The molecule has 0 N–H and O–H groups in total. The first-order valence-corrected chi connectivity index (χ1v) is 4.54. The Labute approximate surface area is 86.7 Å². The van der Waals surface area contributed by atoms with E-state index in [0.717, 1.165) is 0 Å². The molecule has 0 radical (unpaired) electrons. The number of ether oxygens (including phenoxy) is 4. The first-order valence-electron chi connectivity index (χ1n) is 4.54. The summed E-state index contributed by atoms with van der Waals surface area (Å²) in [7, 11) is 0. The molecule has 15 heavy (non-hydrogen) atoms. The summed E-state index contributed by atoms with van der Waals surface area (Å²) in [5.41, 5.74) is 0. The minimum Gasteiger partial charge on any atom is -0.460 e. The lowest BCUT2D eigenvalue weighted by molar-refractivity contribution is -0.144. The van der Waals surface area contributed by atoms with Gasteiger partial charge in [-0.05, 0) is 13.8 Å². The van der Waals surface area contributed by atoms with Crippen molar-refractivity contribution < 1.29 is 28.5 Å². The van der Waals surface area contributed by atoms with Crippen molar-refractivity contribution in [3.63, 3.8) is 0 Å². The molecule has 0 saturated carbocycles. The zero-order chi connectivity index (χ0) is 11.3. The predicted octanol–water partition coefficient (Wildman–Crippen LogP) is 0.329. The van der Waals surface area contributed by atoms with Crippen LogP contribution in [0.2, 0.25) is 0 Å². The Morgan fingerprint density at radius 3 is 1.80 bits per heavy atom. The first-order chi connectivity index (χ1) is 7.20. The second-order valence-corrected chi connectivity index (χ2v) is 2.51. The van der Waals surface area contributed by atoms with Gasteiger partial charge in [0.2, 0.25) is 6.79 Å². The van der Waals surface area contributed by atoms with E-state index < -0.39 is 11.9 Å². The number of hydrogen-bond donors (Lipinski definition) is 0. The molecule has 0 amide bonds. The van der Waals surface area contributed by atoms with E-state index in [9.17, 15) is 9.59 Å². The molecule has 0 saturated heterocycles. The topological polar surface area (TPSA) is 71.1 Å². The zero-order valence-electron chi connectivity index (χ0n) is 8.57. The van der Waals surface area contributed by atoms with Gasteiger partial charge in [0.15, 0.2) is 0 Å². The first kappa shape index (κ1) is 11.4. The van der Waals surface area contributed by atoms with E-state index in [4.69, 9.17) is 9.47 Å². The lowest BCUT2D eigenvalue weighted by atomic mass is 10.4. The fourth-order valence-corrected chi connectivity index (χ4v) is 0.975. The van der Waals surface area contributed by atoms with E-state index in [1.54, 1.807) is 13.8 Å². The predicted molar refractivity (Wildman–Crippen MR) is 47.3 cm³/mol. The van der Waals surface area contributed by atoms with Gasteiger partial charge < -0.3 is 18.9 Å². The Morgan fingerprint density at radius 1 is 1.07 bits per heavy atom. The van der Waals surface area contributed by atoms with Gasteiger partial charge in [-0.1, -0.05) is 0 Å². The van der Waals surface area contributed by atoms with Crippen LogP contribution in [-0.2, 0) is 28.5 Å². The van der Waals surface area contributed by atoms with Gasteiger partial charge >= 0.3 is 11.9 Å². The van der Waals surface area contributed by atoms with Gasteiger partial charge in [-0.3, -0.25) is 0 Å². The fraction of sp³-hybridized carbons (Fsp3) is 0.556.